The molecule has 1 heterocycles. The van der Waals surface area contributed by atoms with E-state index in [1.54, 1.807) is 12.5 Å². The number of carboxylic acid groups (broad SMARTS) is 1. The summed E-state index contributed by atoms with van der Waals surface area (Å²) in [4.78, 5) is 28.1. The number of thiazole rings is 1. The van der Waals surface area contributed by atoms with Gasteiger partial charge in [0.05, 0.1) is 25.5 Å². The minimum Gasteiger partial charge on any atom is -0.496 e. The summed E-state index contributed by atoms with van der Waals surface area (Å²) in [7, 11) is 1.56. The molecule has 0 bridgehead atoms. The number of carbonyl (C=O) groups is 2. The Morgan fingerprint density at radius 3 is 2.46 bits per heavy atom. The number of hydrogen-bond donors (Lipinski definition) is 2. The van der Waals surface area contributed by atoms with Crippen LogP contribution in [-0.4, -0.2) is 35.2 Å². The fourth-order valence-corrected chi connectivity index (χ4v) is 4.33. The van der Waals surface area contributed by atoms with Crippen LogP contribution in [0.25, 0.3) is 17.3 Å². The molecule has 3 rings (SSSR count). The molecule has 0 unspecified atom stereocenters. The number of methoxy groups -OCH3 is 1. The van der Waals surface area contributed by atoms with Crippen LogP contribution in [0, 0.1) is 11.6 Å². The highest BCUT2D eigenvalue weighted by molar-refractivity contribution is 7.14. The second kappa shape index (κ2) is 12.6. The van der Waals surface area contributed by atoms with E-state index in [1.165, 1.54) is 6.92 Å². The van der Waals surface area contributed by atoms with Crippen molar-refractivity contribution in [2.24, 2.45) is 0 Å². The standard InChI is InChI=1S/C27H28F2N2O5S/c1-5-18(6-2)36-13-16-8-7-9-19(24(16)35-4)23-14-37-27(30-23)31-25(32)17-11-21(28)20(22(29)12-17)10-15(3)26(33)34/h7-12,14,18H,5-6,13H2,1-4H3,(H,33,34)(H,30,31,32)/b15-10+. The van der Waals surface area contributed by atoms with Gasteiger partial charge in [0.2, 0.25) is 0 Å². The third kappa shape index (κ3) is 6.78. The zero-order valence-corrected chi connectivity index (χ0v) is 21.7. The van der Waals surface area contributed by atoms with Crippen LogP contribution in [0.2, 0.25) is 0 Å². The highest BCUT2D eigenvalue weighted by Crippen LogP contribution is 2.35. The second-order valence-corrected chi connectivity index (χ2v) is 9.08. The van der Waals surface area contributed by atoms with Gasteiger partial charge in [-0.15, -0.1) is 11.3 Å². The van der Waals surface area contributed by atoms with E-state index in [9.17, 15) is 18.4 Å². The molecule has 3 aromatic rings. The van der Waals surface area contributed by atoms with Gasteiger partial charge in [0.15, 0.2) is 5.13 Å². The van der Waals surface area contributed by atoms with Gasteiger partial charge in [-0.25, -0.2) is 18.6 Å². The summed E-state index contributed by atoms with van der Waals surface area (Å²) in [5.74, 6) is -3.56. The van der Waals surface area contributed by atoms with Gasteiger partial charge in [-0.2, -0.15) is 0 Å². The minimum absolute atomic E-state index is 0.149. The average molecular weight is 531 g/mol. The van der Waals surface area contributed by atoms with Gasteiger partial charge in [-0.1, -0.05) is 26.0 Å². The summed E-state index contributed by atoms with van der Waals surface area (Å²) in [6.45, 7) is 5.74. The smallest absolute Gasteiger partial charge is 0.331 e. The van der Waals surface area contributed by atoms with E-state index >= 15 is 0 Å². The number of hydrogen-bond acceptors (Lipinski definition) is 6. The van der Waals surface area contributed by atoms with Gasteiger partial charge in [0.25, 0.3) is 5.91 Å². The van der Waals surface area contributed by atoms with Crippen molar-refractivity contribution in [1.82, 2.24) is 4.98 Å². The number of carbonyl (C=O) groups excluding carboxylic acids is 1. The Kier molecular flexibility index (Phi) is 9.48. The summed E-state index contributed by atoms with van der Waals surface area (Å²) in [6, 6.07) is 7.32. The molecule has 2 aromatic carbocycles. The maximum Gasteiger partial charge on any atom is 0.331 e. The summed E-state index contributed by atoms with van der Waals surface area (Å²) >= 11 is 1.15. The minimum atomic E-state index is -1.30. The number of amides is 1. The van der Waals surface area contributed by atoms with Gasteiger partial charge < -0.3 is 14.6 Å². The number of carboxylic acids is 1. The van der Waals surface area contributed by atoms with Crippen molar-refractivity contribution in [1.29, 1.82) is 0 Å². The lowest BCUT2D eigenvalue weighted by atomic mass is 10.1. The zero-order chi connectivity index (χ0) is 27.1. The fourth-order valence-electron chi connectivity index (χ4n) is 3.63. The molecule has 0 aliphatic heterocycles. The second-order valence-electron chi connectivity index (χ2n) is 8.23. The fraction of sp³-hybridized carbons (Fsp3) is 0.296. The van der Waals surface area contributed by atoms with Gasteiger partial charge in [-0.05, 0) is 44.0 Å². The molecule has 0 atom stereocenters. The van der Waals surface area contributed by atoms with Crippen molar-refractivity contribution >= 4 is 34.4 Å². The van der Waals surface area contributed by atoms with Crippen molar-refractivity contribution in [3.05, 3.63) is 69.6 Å². The number of rotatable bonds is 11. The van der Waals surface area contributed by atoms with Gasteiger partial charge in [-0.3, -0.25) is 10.1 Å². The lowest BCUT2D eigenvalue weighted by Gasteiger charge is -2.17. The van der Waals surface area contributed by atoms with Crippen LogP contribution in [0.1, 0.15) is 55.1 Å². The average Bonchev–Trinajstić information content (AvgIpc) is 3.34. The van der Waals surface area contributed by atoms with E-state index in [2.05, 4.69) is 24.1 Å². The number of nitrogens with zero attached hydrogens (tertiary/aromatic N) is 1. The normalized spacial score (nSPS) is 11.6. The predicted molar refractivity (Wildman–Crippen MR) is 139 cm³/mol. The largest absolute Gasteiger partial charge is 0.496 e. The van der Waals surface area contributed by atoms with E-state index in [0.29, 0.717) is 23.6 Å². The monoisotopic (exact) mass is 530 g/mol. The summed E-state index contributed by atoms with van der Waals surface area (Å²) in [6.07, 6.45) is 2.83. The topological polar surface area (TPSA) is 97.8 Å². The molecule has 0 saturated carbocycles. The Morgan fingerprint density at radius 2 is 1.86 bits per heavy atom. The molecule has 196 valence electrons. The maximum absolute atomic E-state index is 14.4. The van der Waals surface area contributed by atoms with Crippen molar-refractivity contribution in [3.8, 4) is 17.0 Å². The molecule has 1 aromatic heterocycles. The Labute approximate surface area is 217 Å². The SMILES string of the molecule is CCC(CC)OCc1cccc(-c2csc(NC(=O)c3cc(F)c(/C=C(\C)C(=O)O)c(F)c3)n2)c1OC. The quantitative estimate of drug-likeness (QED) is 0.273. The van der Waals surface area contributed by atoms with Crippen LogP contribution in [-0.2, 0) is 16.1 Å². The Hall–Kier alpha value is -3.63. The van der Waals surface area contributed by atoms with Crippen LogP contribution < -0.4 is 10.1 Å². The molecular formula is C27H28F2N2O5S. The molecule has 0 spiro atoms. The number of benzene rings is 2. The molecule has 1 amide bonds. The van der Waals surface area contributed by atoms with Crippen molar-refractivity contribution in [3.63, 3.8) is 0 Å². The number of aliphatic carboxylic acids is 1. The lowest BCUT2D eigenvalue weighted by Crippen LogP contribution is -2.13. The Morgan fingerprint density at radius 1 is 1.19 bits per heavy atom. The van der Waals surface area contributed by atoms with Crippen LogP contribution in [0.5, 0.6) is 5.75 Å². The van der Waals surface area contributed by atoms with E-state index in [4.69, 9.17) is 14.6 Å². The molecule has 0 saturated heterocycles. The number of anilines is 1. The molecule has 10 heteroatoms. The zero-order valence-electron chi connectivity index (χ0n) is 20.9. The first-order chi connectivity index (χ1) is 17.7. The maximum atomic E-state index is 14.4. The third-order valence-electron chi connectivity index (χ3n) is 5.73. The van der Waals surface area contributed by atoms with E-state index < -0.39 is 29.1 Å². The van der Waals surface area contributed by atoms with E-state index in [0.717, 1.165) is 48.0 Å². The molecule has 0 aliphatic rings. The van der Waals surface area contributed by atoms with Crippen LogP contribution in [0.15, 0.2) is 41.3 Å². The first kappa shape index (κ1) is 27.9. The van der Waals surface area contributed by atoms with Crippen LogP contribution in [0.3, 0.4) is 0 Å². The predicted octanol–water partition coefficient (Wildman–Crippen LogP) is 6.54. The molecule has 37 heavy (non-hydrogen) atoms. The van der Waals surface area contributed by atoms with Gasteiger partial charge in [0.1, 0.15) is 17.4 Å². The molecular weight excluding hydrogens is 502 g/mol. The Balaban J connectivity index is 1.81. The van der Waals surface area contributed by atoms with Crippen molar-refractivity contribution in [2.75, 3.05) is 12.4 Å². The first-order valence-electron chi connectivity index (χ1n) is 11.6. The van der Waals surface area contributed by atoms with Crippen LogP contribution >= 0.6 is 11.3 Å². The summed E-state index contributed by atoms with van der Waals surface area (Å²) in [5, 5.41) is 13.5. The lowest BCUT2D eigenvalue weighted by molar-refractivity contribution is -0.132. The van der Waals surface area contributed by atoms with Crippen molar-refractivity contribution < 1.29 is 33.0 Å². The highest BCUT2D eigenvalue weighted by atomic mass is 32.1. The molecule has 0 radical (unpaired) electrons. The molecule has 0 fully saturated rings. The van der Waals surface area contributed by atoms with E-state index in [1.807, 2.05) is 18.2 Å². The summed E-state index contributed by atoms with van der Waals surface area (Å²) < 4.78 is 40.5. The molecule has 2 N–H and O–H groups in total. The number of halogens is 2. The number of nitrogens with one attached hydrogen (secondary N) is 1. The molecule has 0 aliphatic carbocycles. The summed E-state index contributed by atoms with van der Waals surface area (Å²) in [5.41, 5.74) is 1.09. The van der Waals surface area contributed by atoms with Crippen LogP contribution in [0.4, 0.5) is 13.9 Å². The first-order valence-corrected chi connectivity index (χ1v) is 12.5. The molecule has 7 nitrogen and oxygen atoms in total. The number of ether oxygens (including phenoxy) is 2. The van der Waals surface area contributed by atoms with Gasteiger partial charge >= 0.3 is 5.97 Å². The van der Waals surface area contributed by atoms with Crippen molar-refractivity contribution in [2.45, 2.75) is 46.3 Å². The van der Waals surface area contributed by atoms with Gasteiger partial charge in [0, 0.05) is 33.2 Å². The Bertz CT molecular complexity index is 1290. The number of aromatic nitrogens is 1. The van der Waals surface area contributed by atoms with E-state index in [-0.39, 0.29) is 22.4 Å². The number of para-hydroxylation sites is 1. The highest BCUT2D eigenvalue weighted by Gasteiger charge is 2.18. The third-order valence-corrected chi connectivity index (χ3v) is 6.48.